The third kappa shape index (κ3) is 2.31. The average molecular weight is 310 g/mol. The molecule has 0 unspecified atom stereocenters. The number of allylic oxidation sites excluding steroid dienone is 1. The van der Waals surface area contributed by atoms with Crippen molar-refractivity contribution in [3.05, 3.63) is 46.5 Å². The Labute approximate surface area is 113 Å². The molecule has 5 heteroatoms. The Kier molecular flexibility index (Phi) is 3.81. The van der Waals surface area contributed by atoms with E-state index < -0.39 is 6.09 Å². The van der Waals surface area contributed by atoms with E-state index in [9.17, 15) is 9.59 Å². The Hall–Kier alpha value is -1.62. The SMILES string of the molecule is C/C=C(\Br)C(=O)N1C(=O)OC[C@@H]1c1ccccc1. The highest BCUT2D eigenvalue weighted by Crippen LogP contribution is 2.29. The van der Waals surface area contributed by atoms with E-state index in [-0.39, 0.29) is 18.6 Å². The average Bonchev–Trinajstić information content (AvgIpc) is 2.80. The Morgan fingerprint density at radius 3 is 2.72 bits per heavy atom. The molecule has 0 radical (unpaired) electrons. The van der Waals surface area contributed by atoms with Crippen molar-refractivity contribution in [1.29, 1.82) is 0 Å². The van der Waals surface area contributed by atoms with E-state index in [1.54, 1.807) is 13.0 Å². The minimum absolute atomic E-state index is 0.193. The Morgan fingerprint density at radius 1 is 1.44 bits per heavy atom. The zero-order chi connectivity index (χ0) is 13.1. The lowest BCUT2D eigenvalue weighted by Crippen LogP contribution is -2.34. The van der Waals surface area contributed by atoms with Gasteiger partial charge in [0.2, 0.25) is 0 Å². The standard InChI is InChI=1S/C13H12BrNO3/c1-2-10(14)12(16)15-11(8-18-13(15)17)9-6-4-3-5-7-9/h2-7,11H,8H2,1H3/b10-2-/t11-/m1/s1. The van der Waals surface area contributed by atoms with Crippen LogP contribution in [0.4, 0.5) is 4.79 Å². The quantitative estimate of drug-likeness (QED) is 0.789. The van der Waals surface area contributed by atoms with E-state index in [1.165, 1.54) is 0 Å². The number of imide groups is 1. The number of amides is 2. The Balaban J connectivity index is 2.32. The van der Waals surface area contributed by atoms with Gasteiger partial charge in [-0.25, -0.2) is 9.69 Å². The van der Waals surface area contributed by atoms with Gasteiger partial charge in [0.1, 0.15) is 12.6 Å². The van der Waals surface area contributed by atoms with Crippen LogP contribution in [0, 0.1) is 0 Å². The molecule has 1 saturated heterocycles. The summed E-state index contributed by atoms with van der Waals surface area (Å²) in [5.41, 5.74) is 0.883. The van der Waals surface area contributed by atoms with E-state index in [4.69, 9.17) is 4.74 Å². The number of carbonyl (C=O) groups is 2. The second-order valence-electron chi connectivity index (χ2n) is 3.82. The Morgan fingerprint density at radius 2 is 2.11 bits per heavy atom. The van der Waals surface area contributed by atoms with Crippen molar-refractivity contribution < 1.29 is 14.3 Å². The number of halogens is 1. The first-order valence-electron chi connectivity index (χ1n) is 5.52. The van der Waals surface area contributed by atoms with Crippen molar-refractivity contribution in [3.63, 3.8) is 0 Å². The third-order valence-electron chi connectivity index (χ3n) is 2.73. The summed E-state index contributed by atoms with van der Waals surface area (Å²) < 4.78 is 5.32. The maximum absolute atomic E-state index is 12.1. The fourth-order valence-corrected chi connectivity index (χ4v) is 2.00. The van der Waals surface area contributed by atoms with Crippen LogP contribution in [-0.2, 0) is 9.53 Å². The molecule has 2 rings (SSSR count). The normalized spacial score (nSPS) is 19.9. The van der Waals surface area contributed by atoms with Crippen molar-refractivity contribution in [2.24, 2.45) is 0 Å². The van der Waals surface area contributed by atoms with Crippen LogP contribution >= 0.6 is 15.9 Å². The first kappa shape index (κ1) is 12.8. The van der Waals surface area contributed by atoms with Crippen LogP contribution in [0.25, 0.3) is 0 Å². The summed E-state index contributed by atoms with van der Waals surface area (Å²) in [6, 6.07) is 9.00. The van der Waals surface area contributed by atoms with Gasteiger partial charge in [-0.1, -0.05) is 36.4 Å². The molecule has 1 aliphatic heterocycles. The third-order valence-corrected chi connectivity index (χ3v) is 3.53. The van der Waals surface area contributed by atoms with Gasteiger partial charge >= 0.3 is 6.09 Å². The van der Waals surface area contributed by atoms with Crippen molar-refractivity contribution in [3.8, 4) is 0 Å². The summed E-state index contributed by atoms with van der Waals surface area (Å²) in [7, 11) is 0. The minimum atomic E-state index is -0.604. The molecule has 0 saturated carbocycles. The minimum Gasteiger partial charge on any atom is -0.446 e. The molecule has 0 N–H and O–H groups in total. The highest BCUT2D eigenvalue weighted by Gasteiger charge is 2.39. The van der Waals surface area contributed by atoms with Gasteiger partial charge in [-0.15, -0.1) is 0 Å². The number of rotatable bonds is 2. The van der Waals surface area contributed by atoms with Crippen LogP contribution in [0.15, 0.2) is 40.9 Å². The highest BCUT2D eigenvalue weighted by atomic mass is 79.9. The van der Waals surface area contributed by atoms with Crippen molar-refractivity contribution in [2.45, 2.75) is 13.0 Å². The summed E-state index contributed by atoms with van der Waals surface area (Å²) in [6.07, 6.45) is 1.00. The van der Waals surface area contributed by atoms with Crippen LogP contribution in [0.2, 0.25) is 0 Å². The molecule has 1 aromatic rings. The molecule has 0 aliphatic carbocycles. The van der Waals surface area contributed by atoms with E-state index in [2.05, 4.69) is 15.9 Å². The number of benzene rings is 1. The second kappa shape index (κ2) is 5.35. The lowest BCUT2D eigenvalue weighted by molar-refractivity contribution is -0.124. The number of nitrogens with zero attached hydrogens (tertiary/aromatic N) is 1. The first-order valence-corrected chi connectivity index (χ1v) is 6.31. The van der Waals surface area contributed by atoms with Gasteiger partial charge in [0, 0.05) is 0 Å². The summed E-state index contributed by atoms with van der Waals surface area (Å²) in [5, 5.41) is 0. The van der Waals surface area contributed by atoms with E-state index in [1.807, 2.05) is 30.3 Å². The molecule has 4 nitrogen and oxygen atoms in total. The van der Waals surface area contributed by atoms with Gasteiger partial charge in [0.25, 0.3) is 5.91 Å². The topological polar surface area (TPSA) is 46.6 Å². The van der Waals surface area contributed by atoms with Crippen molar-refractivity contribution in [2.75, 3.05) is 6.61 Å². The number of cyclic esters (lactones) is 1. The van der Waals surface area contributed by atoms with E-state index >= 15 is 0 Å². The second-order valence-corrected chi connectivity index (χ2v) is 4.67. The van der Waals surface area contributed by atoms with E-state index in [0.29, 0.717) is 4.48 Å². The van der Waals surface area contributed by atoms with Crippen molar-refractivity contribution >= 4 is 27.9 Å². The number of hydrogen-bond acceptors (Lipinski definition) is 3. The number of carbonyl (C=O) groups excluding carboxylic acids is 2. The molecule has 0 spiro atoms. The summed E-state index contributed by atoms with van der Waals surface area (Å²) >= 11 is 3.14. The largest absolute Gasteiger partial charge is 0.446 e. The van der Waals surface area contributed by atoms with Gasteiger partial charge in [-0.2, -0.15) is 0 Å². The molecule has 1 heterocycles. The van der Waals surface area contributed by atoms with Gasteiger partial charge < -0.3 is 4.74 Å². The molecule has 18 heavy (non-hydrogen) atoms. The lowest BCUT2D eigenvalue weighted by atomic mass is 10.1. The molecule has 0 bridgehead atoms. The smallest absolute Gasteiger partial charge is 0.417 e. The highest BCUT2D eigenvalue weighted by molar-refractivity contribution is 9.12. The molecular weight excluding hydrogens is 298 g/mol. The zero-order valence-corrected chi connectivity index (χ0v) is 11.4. The van der Waals surface area contributed by atoms with Crippen LogP contribution in [0.3, 0.4) is 0 Å². The molecule has 1 aliphatic rings. The summed E-state index contributed by atoms with van der Waals surface area (Å²) in [4.78, 5) is 24.9. The molecule has 2 amide bonds. The van der Waals surface area contributed by atoms with Gasteiger partial charge in [-0.05, 0) is 28.4 Å². The van der Waals surface area contributed by atoms with Gasteiger partial charge in [0.05, 0.1) is 4.48 Å². The van der Waals surface area contributed by atoms with Crippen LogP contribution in [-0.4, -0.2) is 23.5 Å². The fraction of sp³-hybridized carbons (Fsp3) is 0.231. The number of ether oxygens (including phenoxy) is 1. The maximum Gasteiger partial charge on any atom is 0.417 e. The predicted molar refractivity (Wildman–Crippen MR) is 70.1 cm³/mol. The van der Waals surface area contributed by atoms with Gasteiger partial charge in [0.15, 0.2) is 0 Å². The molecule has 1 fully saturated rings. The summed E-state index contributed by atoms with van der Waals surface area (Å²) in [6.45, 7) is 1.92. The van der Waals surface area contributed by atoms with Crippen LogP contribution in [0.1, 0.15) is 18.5 Å². The maximum atomic E-state index is 12.1. The lowest BCUT2D eigenvalue weighted by Gasteiger charge is -2.19. The molecule has 0 aromatic heterocycles. The fourth-order valence-electron chi connectivity index (χ4n) is 1.81. The Bertz CT molecular complexity index is 498. The monoisotopic (exact) mass is 309 g/mol. The molecule has 94 valence electrons. The van der Waals surface area contributed by atoms with Crippen molar-refractivity contribution in [1.82, 2.24) is 4.90 Å². The van der Waals surface area contributed by atoms with Crippen LogP contribution in [0.5, 0.6) is 0 Å². The number of hydrogen-bond donors (Lipinski definition) is 0. The van der Waals surface area contributed by atoms with E-state index in [0.717, 1.165) is 10.5 Å². The van der Waals surface area contributed by atoms with Crippen LogP contribution < -0.4 is 0 Å². The molecule has 1 aromatic carbocycles. The zero-order valence-electron chi connectivity index (χ0n) is 9.80. The molecule has 1 atom stereocenters. The van der Waals surface area contributed by atoms with Gasteiger partial charge in [-0.3, -0.25) is 4.79 Å². The summed E-state index contributed by atoms with van der Waals surface area (Å²) in [5.74, 6) is -0.381. The predicted octanol–water partition coefficient (Wildman–Crippen LogP) is 3.01. The molecular formula is C13H12BrNO3. The first-order chi connectivity index (χ1) is 8.65.